The molecule has 0 aliphatic carbocycles. The maximum Gasteiger partial charge on any atom is 0.245 e. The second-order valence-electron chi connectivity index (χ2n) is 3.14. The van der Waals surface area contributed by atoms with Crippen LogP contribution >= 0.6 is 11.3 Å². The molecule has 0 spiro atoms. The molecule has 0 saturated carbocycles. The summed E-state index contributed by atoms with van der Waals surface area (Å²) >= 11 is 1.12. The first-order valence-corrected chi connectivity index (χ1v) is 5.38. The molecule has 0 aromatic carbocycles. The Morgan fingerprint density at radius 3 is 2.88 bits per heavy atom. The molecule has 0 aliphatic heterocycles. The Balaban J connectivity index is 2.59. The van der Waals surface area contributed by atoms with Gasteiger partial charge in [0.1, 0.15) is 6.04 Å². The highest BCUT2D eigenvalue weighted by Crippen LogP contribution is 2.18. The van der Waals surface area contributed by atoms with Gasteiger partial charge >= 0.3 is 0 Å². The lowest BCUT2D eigenvalue weighted by Crippen LogP contribution is -2.39. The van der Waals surface area contributed by atoms with Crippen molar-refractivity contribution in [1.82, 2.24) is 4.98 Å². The number of nitrogens with two attached hydrogens (primary N) is 1. The number of hydrogen-bond acceptors (Lipinski definition) is 6. The van der Waals surface area contributed by atoms with E-state index < -0.39 is 6.04 Å². The number of hydrogen-bond donors (Lipinski definition) is 2. The van der Waals surface area contributed by atoms with Gasteiger partial charge in [-0.15, -0.1) is 0 Å². The van der Waals surface area contributed by atoms with E-state index in [2.05, 4.69) is 10.3 Å². The van der Waals surface area contributed by atoms with Crippen molar-refractivity contribution in [2.75, 3.05) is 19.0 Å². The molecule has 1 unspecified atom stereocenters. The molecule has 0 saturated heterocycles. The van der Waals surface area contributed by atoms with Gasteiger partial charge in [0.05, 0.1) is 17.7 Å². The van der Waals surface area contributed by atoms with Gasteiger partial charge in [-0.2, -0.15) is 0 Å². The Bertz CT molecular complexity index is 391. The number of ketones is 1. The van der Waals surface area contributed by atoms with Crippen molar-refractivity contribution in [3.05, 3.63) is 11.1 Å². The van der Waals surface area contributed by atoms with Crippen LogP contribution in [0.25, 0.3) is 0 Å². The number of methoxy groups -OCH3 is 1. The predicted molar refractivity (Wildman–Crippen MR) is 60.6 cm³/mol. The molecule has 0 aliphatic rings. The number of nitrogens with one attached hydrogen (secondary N) is 1. The summed E-state index contributed by atoms with van der Waals surface area (Å²) in [5, 5.41) is 2.88. The zero-order valence-electron chi connectivity index (χ0n) is 9.02. The van der Waals surface area contributed by atoms with E-state index in [1.54, 1.807) is 0 Å². The number of Topliss-reactive ketones (excluding diaryl/α,β-unsaturated/α-hetero) is 1. The molecule has 0 radical (unpaired) electrons. The van der Waals surface area contributed by atoms with Crippen LogP contribution < -0.4 is 11.1 Å². The summed E-state index contributed by atoms with van der Waals surface area (Å²) in [5.74, 6) is -0.467. The lowest BCUT2D eigenvalue weighted by Gasteiger charge is -2.08. The number of anilines is 1. The Morgan fingerprint density at radius 1 is 1.69 bits per heavy atom. The first-order chi connectivity index (χ1) is 7.54. The van der Waals surface area contributed by atoms with Crippen LogP contribution in [0.4, 0.5) is 5.13 Å². The van der Waals surface area contributed by atoms with Gasteiger partial charge in [-0.25, -0.2) is 4.98 Å². The number of rotatable bonds is 5. The van der Waals surface area contributed by atoms with E-state index in [4.69, 9.17) is 10.5 Å². The van der Waals surface area contributed by atoms with E-state index in [0.29, 0.717) is 10.0 Å². The van der Waals surface area contributed by atoms with Gasteiger partial charge in [-0.1, -0.05) is 11.3 Å². The van der Waals surface area contributed by atoms with Crippen LogP contribution in [0, 0.1) is 0 Å². The third-order valence-corrected chi connectivity index (χ3v) is 2.78. The number of amides is 1. The summed E-state index contributed by atoms with van der Waals surface area (Å²) in [6.45, 7) is 1.58. The molecule has 7 heteroatoms. The zero-order chi connectivity index (χ0) is 12.1. The number of thiazole rings is 1. The minimum absolute atomic E-state index is 0.0841. The molecule has 1 aromatic rings. The molecule has 0 bridgehead atoms. The van der Waals surface area contributed by atoms with Gasteiger partial charge in [0, 0.05) is 14.0 Å². The normalized spacial score (nSPS) is 12.2. The lowest BCUT2D eigenvalue weighted by molar-refractivity contribution is -0.118. The van der Waals surface area contributed by atoms with Crippen LogP contribution in [0.2, 0.25) is 0 Å². The summed E-state index contributed by atoms with van der Waals surface area (Å²) < 4.78 is 4.75. The smallest absolute Gasteiger partial charge is 0.245 e. The molecular weight excluding hydrogens is 230 g/mol. The van der Waals surface area contributed by atoms with Gasteiger partial charge in [0.25, 0.3) is 0 Å². The standard InChI is InChI=1S/C9H13N3O3S/c1-5(13)7-3-11-9(16-7)12-8(14)6(10)4-15-2/h3,6H,4,10H2,1-2H3,(H,11,12,14). The van der Waals surface area contributed by atoms with Crippen molar-refractivity contribution in [3.8, 4) is 0 Å². The van der Waals surface area contributed by atoms with Crippen LogP contribution in [0.15, 0.2) is 6.20 Å². The number of ether oxygens (including phenoxy) is 1. The van der Waals surface area contributed by atoms with Crippen molar-refractivity contribution in [3.63, 3.8) is 0 Å². The summed E-state index contributed by atoms with van der Waals surface area (Å²) in [7, 11) is 1.46. The van der Waals surface area contributed by atoms with Crippen molar-refractivity contribution in [1.29, 1.82) is 0 Å². The number of carbonyl (C=O) groups is 2. The SMILES string of the molecule is COCC(N)C(=O)Nc1ncc(C(C)=O)s1. The topological polar surface area (TPSA) is 94.3 Å². The molecule has 16 heavy (non-hydrogen) atoms. The largest absolute Gasteiger partial charge is 0.383 e. The van der Waals surface area contributed by atoms with Gasteiger partial charge in [0.2, 0.25) is 5.91 Å². The summed E-state index contributed by atoms with van der Waals surface area (Å²) in [6.07, 6.45) is 1.42. The molecule has 88 valence electrons. The fourth-order valence-electron chi connectivity index (χ4n) is 0.948. The Labute approximate surface area is 96.8 Å². The van der Waals surface area contributed by atoms with Crippen LogP contribution in [0.5, 0.6) is 0 Å². The molecule has 0 fully saturated rings. The number of carbonyl (C=O) groups excluding carboxylic acids is 2. The third kappa shape index (κ3) is 3.37. The van der Waals surface area contributed by atoms with Crippen LogP contribution in [0.3, 0.4) is 0 Å². The average molecular weight is 243 g/mol. The van der Waals surface area contributed by atoms with Crippen molar-refractivity contribution < 1.29 is 14.3 Å². The molecule has 1 heterocycles. The van der Waals surface area contributed by atoms with Crippen molar-refractivity contribution in [2.24, 2.45) is 5.73 Å². The lowest BCUT2D eigenvalue weighted by atomic mass is 10.3. The second-order valence-corrected chi connectivity index (χ2v) is 4.17. The fraction of sp³-hybridized carbons (Fsp3) is 0.444. The second kappa shape index (κ2) is 5.69. The van der Waals surface area contributed by atoms with E-state index >= 15 is 0 Å². The van der Waals surface area contributed by atoms with Crippen LogP contribution in [-0.4, -0.2) is 36.4 Å². The van der Waals surface area contributed by atoms with Gasteiger partial charge in [0.15, 0.2) is 10.9 Å². The monoisotopic (exact) mass is 243 g/mol. The molecule has 1 atom stereocenters. The van der Waals surface area contributed by atoms with Crippen LogP contribution in [-0.2, 0) is 9.53 Å². The minimum atomic E-state index is -0.741. The first-order valence-electron chi connectivity index (χ1n) is 4.56. The Morgan fingerprint density at radius 2 is 2.38 bits per heavy atom. The number of aromatic nitrogens is 1. The van der Waals surface area contributed by atoms with E-state index in [0.717, 1.165) is 11.3 Å². The number of nitrogens with zero attached hydrogens (tertiary/aromatic N) is 1. The van der Waals surface area contributed by atoms with E-state index in [1.165, 1.54) is 20.2 Å². The first kappa shape index (κ1) is 12.8. The molecule has 1 amide bonds. The van der Waals surface area contributed by atoms with E-state index in [9.17, 15) is 9.59 Å². The maximum absolute atomic E-state index is 11.4. The predicted octanol–water partition coefficient (Wildman–Crippen LogP) is 0.258. The molecule has 1 rings (SSSR count). The summed E-state index contributed by atoms with van der Waals surface area (Å²) in [4.78, 5) is 26.8. The summed E-state index contributed by atoms with van der Waals surface area (Å²) in [6, 6.07) is -0.741. The molecule has 6 nitrogen and oxygen atoms in total. The van der Waals surface area contributed by atoms with Crippen molar-refractivity contribution >= 4 is 28.2 Å². The zero-order valence-corrected chi connectivity index (χ0v) is 9.84. The quantitative estimate of drug-likeness (QED) is 0.723. The Hall–Kier alpha value is -1.31. The van der Waals surface area contributed by atoms with Crippen LogP contribution in [0.1, 0.15) is 16.6 Å². The maximum atomic E-state index is 11.4. The Kier molecular flexibility index (Phi) is 4.53. The van der Waals surface area contributed by atoms with Gasteiger partial charge in [-0.3, -0.25) is 9.59 Å². The fourth-order valence-corrected chi connectivity index (χ4v) is 1.66. The van der Waals surface area contributed by atoms with Crippen molar-refractivity contribution in [2.45, 2.75) is 13.0 Å². The van der Waals surface area contributed by atoms with E-state index in [1.807, 2.05) is 0 Å². The highest BCUT2D eigenvalue weighted by atomic mass is 32.1. The highest BCUT2D eigenvalue weighted by molar-refractivity contribution is 7.17. The highest BCUT2D eigenvalue weighted by Gasteiger charge is 2.15. The van der Waals surface area contributed by atoms with Gasteiger partial charge < -0.3 is 15.8 Å². The molecule has 3 N–H and O–H groups in total. The third-order valence-electron chi connectivity index (χ3n) is 1.77. The van der Waals surface area contributed by atoms with E-state index in [-0.39, 0.29) is 18.3 Å². The minimum Gasteiger partial charge on any atom is -0.383 e. The molecule has 1 aromatic heterocycles. The summed E-state index contributed by atoms with van der Waals surface area (Å²) in [5.41, 5.74) is 5.52. The van der Waals surface area contributed by atoms with Gasteiger partial charge in [-0.05, 0) is 0 Å². The average Bonchev–Trinajstić information content (AvgIpc) is 2.66. The molecular formula is C9H13N3O3S.